The molecule has 5 rings (SSSR count). The number of thiophene rings is 1. The maximum absolute atomic E-state index is 13.6. The second-order valence-corrected chi connectivity index (χ2v) is 9.07. The molecule has 2 atom stereocenters. The zero-order chi connectivity index (χ0) is 19.4. The van der Waals surface area contributed by atoms with E-state index in [0.717, 1.165) is 40.1 Å². The molecule has 0 saturated carbocycles. The van der Waals surface area contributed by atoms with Crippen LogP contribution in [0.3, 0.4) is 0 Å². The third kappa shape index (κ3) is 2.84. The minimum absolute atomic E-state index is 0.0765. The Bertz CT molecular complexity index is 1030. The fourth-order valence-electron chi connectivity index (χ4n) is 4.86. The normalized spacial score (nSPS) is 24.0. The van der Waals surface area contributed by atoms with Crippen LogP contribution in [0.5, 0.6) is 0 Å². The molecule has 0 aliphatic carbocycles. The van der Waals surface area contributed by atoms with Crippen LogP contribution < -0.4 is 5.32 Å². The lowest BCUT2D eigenvalue weighted by molar-refractivity contribution is 0.0683. The van der Waals surface area contributed by atoms with Crippen LogP contribution in [0, 0.1) is 6.92 Å². The highest BCUT2D eigenvalue weighted by molar-refractivity contribution is 7.13. The summed E-state index contributed by atoms with van der Waals surface area (Å²) in [6, 6.07) is 7.41. The number of nitrogens with zero attached hydrogens (tertiary/aromatic N) is 4. The summed E-state index contributed by atoms with van der Waals surface area (Å²) in [6.45, 7) is 1.95. The number of piperidine rings is 1. The van der Waals surface area contributed by atoms with Crippen molar-refractivity contribution in [3.63, 3.8) is 0 Å². The number of carbonyl (C=O) groups is 1. The van der Waals surface area contributed by atoms with Crippen molar-refractivity contribution in [3.05, 3.63) is 34.8 Å². The first-order valence-corrected chi connectivity index (χ1v) is 10.8. The summed E-state index contributed by atoms with van der Waals surface area (Å²) in [5.74, 6) is 0.0765. The number of aromatic nitrogens is 3. The number of rotatable bonds is 3. The maximum atomic E-state index is 13.6. The van der Waals surface area contributed by atoms with Crippen LogP contribution in [0.4, 0.5) is 0 Å². The SMILES string of the molecule is Cc1nn(C)c2nc(-c3cccs3)cc(C(=O)N(C)C3CC4CCC(C3)N4)c12. The molecule has 2 bridgehead atoms. The molecule has 28 heavy (non-hydrogen) atoms. The predicted octanol–water partition coefficient (Wildman–Crippen LogP) is 3.36. The molecule has 5 heterocycles. The molecule has 6 nitrogen and oxygen atoms in total. The van der Waals surface area contributed by atoms with E-state index < -0.39 is 0 Å². The van der Waals surface area contributed by atoms with Gasteiger partial charge in [-0.15, -0.1) is 11.3 Å². The van der Waals surface area contributed by atoms with Crippen molar-refractivity contribution in [3.8, 4) is 10.6 Å². The third-order valence-corrected chi connectivity index (χ3v) is 7.18. The fraction of sp³-hybridized carbons (Fsp3) is 0.476. The molecule has 2 aliphatic rings. The minimum atomic E-state index is 0.0765. The first-order valence-electron chi connectivity index (χ1n) is 9.92. The Morgan fingerprint density at radius 2 is 2.07 bits per heavy atom. The summed E-state index contributed by atoms with van der Waals surface area (Å²) < 4.78 is 1.78. The van der Waals surface area contributed by atoms with Gasteiger partial charge in [0.15, 0.2) is 5.65 Å². The van der Waals surface area contributed by atoms with Crippen LogP contribution in [0.1, 0.15) is 41.7 Å². The van der Waals surface area contributed by atoms with Crippen molar-refractivity contribution >= 4 is 28.3 Å². The molecule has 2 unspecified atom stereocenters. The highest BCUT2D eigenvalue weighted by atomic mass is 32.1. The predicted molar refractivity (Wildman–Crippen MR) is 112 cm³/mol. The standard InChI is InChI=1S/C21H25N5OS/c1-12-19-16(21(27)25(2)15-9-13-6-7-14(10-15)22-13)11-17(18-5-4-8-28-18)23-20(19)26(3)24-12/h4-5,8,11,13-15,22H,6-7,9-10H2,1-3H3. The molecule has 3 aromatic heterocycles. The van der Waals surface area contributed by atoms with E-state index in [1.165, 1.54) is 12.8 Å². The van der Waals surface area contributed by atoms with Gasteiger partial charge in [-0.05, 0) is 50.1 Å². The molecule has 7 heteroatoms. The highest BCUT2D eigenvalue weighted by Gasteiger charge is 2.37. The Morgan fingerprint density at radius 3 is 2.75 bits per heavy atom. The fourth-order valence-corrected chi connectivity index (χ4v) is 5.55. The lowest BCUT2D eigenvalue weighted by Crippen LogP contribution is -2.48. The van der Waals surface area contributed by atoms with Gasteiger partial charge in [0.25, 0.3) is 5.91 Å². The van der Waals surface area contributed by atoms with Crippen LogP contribution in [0.2, 0.25) is 0 Å². The molecule has 1 N–H and O–H groups in total. The van der Waals surface area contributed by atoms with Gasteiger partial charge in [-0.3, -0.25) is 9.48 Å². The van der Waals surface area contributed by atoms with Crippen LogP contribution in [-0.4, -0.2) is 50.7 Å². The summed E-state index contributed by atoms with van der Waals surface area (Å²) in [6.07, 6.45) is 4.54. The van der Waals surface area contributed by atoms with Crippen LogP contribution >= 0.6 is 11.3 Å². The van der Waals surface area contributed by atoms with Crippen molar-refractivity contribution in [2.75, 3.05) is 7.05 Å². The summed E-state index contributed by atoms with van der Waals surface area (Å²) in [5.41, 5.74) is 3.18. The van der Waals surface area contributed by atoms with E-state index in [-0.39, 0.29) is 11.9 Å². The van der Waals surface area contributed by atoms with Gasteiger partial charge in [0.05, 0.1) is 27.2 Å². The molecule has 2 aliphatic heterocycles. The van der Waals surface area contributed by atoms with Crippen LogP contribution in [0.25, 0.3) is 21.6 Å². The van der Waals surface area contributed by atoms with E-state index in [2.05, 4.69) is 10.4 Å². The number of fused-ring (bicyclic) bond motifs is 3. The molecular weight excluding hydrogens is 370 g/mol. The number of amides is 1. The first-order chi connectivity index (χ1) is 13.5. The molecule has 0 radical (unpaired) electrons. The topological polar surface area (TPSA) is 63.1 Å². The number of nitrogens with one attached hydrogen (secondary N) is 1. The molecule has 146 valence electrons. The van der Waals surface area contributed by atoms with Gasteiger partial charge in [-0.1, -0.05) is 6.07 Å². The zero-order valence-electron chi connectivity index (χ0n) is 16.5. The smallest absolute Gasteiger partial charge is 0.254 e. The van der Waals surface area contributed by atoms with Crippen molar-refractivity contribution in [2.24, 2.45) is 7.05 Å². The summed E-state index contributed by atoms with van der Waals surface area (Å²) in [4.78, 5) is 21.5. The number of hydrogen-bond acceptors (Lipinski definition) is 5. The third-order valence-electron chi connectivity index (χ3n) is 6.29. The Hall–Kier alpha value is -2.25. The highest BCUT2D eigenvalue weighted by Crippen LogP contribution is 2.33. The van der Waals surface area contributed by atoms with E-state index >= 15 is 0 Å². The van der Waals surface area contributed by atoms with Crippen LogP contribution in [0.15, 0.2) is 23.6 Å². The number of carbonyl (C=O) groups excluding carboxylic acids is 1. The lowest BCUT2D eigenvalue weighted by atomic mass is 9.97. The monoisotopic (exact) mass is 395 g/mol. The van der Waals surface area contributed by atoms with Crippen molar-refractivity contribution < 1.29 is 4.79 Å². The minimum Gasteiger partial charge on any atom is -0.339 e. The molecule has 0 spiro atoms. The Kier molecular flexibility index (Phi) is 4.25. The summed E-state index contributed by atoms with van der Waals surface area (Å²) in [7, 11) is 3.85. The van der Waals surface area contributed by atoms with Gasteiger partial charge in [0.2, 0.25) is 0 Å². The van der Waals surface area contributed by atoms with Gasteiger partial charge in [0.1, 0.15) is 0 Å². The maximum Gasteiger partial charge on any atom is 0.254 e. The number of aryl methyl sites for hydroxylation is 2. The van der Waals surface area contributed by atoms with Crippen LogP contribution in [-0.2, 0) is 7.05 Å². The van der Waals surface area contributed by atoms with Gasteiger partial charge >= 0.3 is 0 Å². The molecule has 2 fully saturated rings. The average Bonchev–Trinajstić information content (AvgIpc) is 3.41. The number of pyridine rings is 1. The van der Waals surface area contributed by atoms with Crippen molar-refractivity contribution in [2.45, 2.75) is 50.7 Å². The van der Waals surface area contributed by atoms with E-state index in [1.54, 1.807) is 16.0 Å². The van der Waals surface area contributed by atoms with E-state index in [0.29, 0.717) is 17.6 Å². The van der Waals surface area contributed by atoms with Gasteiger partial charge < -0.3 is 10.2 Å². The summed E-state index contributed by atoms with van der Waals surface area (Å²) in [5, 5.41) is 11.1. The molecular formula is C21H25N5OS. The Balaban J connectivity index is 1.58. The molecule has 2 saturated heterocycles. The largest absolute Gasteiger partial charge is 0.339 e. The van der Waals surface area contributed by atoms with Crippen molar-refractivity contribution in [1.29, 1.82) is 0 Å². The second-order valence-electron chi connectivity index (χ2n) is 8.12. The van der Waals surface area contributed by atoms with Crippen molar-refractivity contribution in [1.82, 2.24) is 25.0 Å². The average molecular weight is 396 g/mol. The molecule has 0 aromatic carbocycles. The summed E-state index contributed by atoms with van der Waals surface area (Å²) >= 11 is 1.64. The Morgan fingerprint density at radius 1 is 1.32 bits per heavy atom. The quantitative estimate of drug-likeness (QED) is 0.739. The van der Waals surface area contributed by atoms with Gasteiger partial charge in [0, 0.05) is 32.2 Å². The van der Waals surface area contributed by atoms with E-state index in [4.69, 9.17) is 4.98 Å². The molecule has 3 aromatic rings. The van der Waals surface area contributed by atoms with E-state index in [1.807, 2.05) is 49.5 Å². The van der Waals surface area contributed by atoms with Gasteiger partial charge in [-0.2, -0.15) is 5.10 Å². The first kappa shape index (κ1) is 17.8. The van der Waals surface area contributed by atoms with E-state index in [9.17, 15) is 4.79 Å². The second kappa shape index (κ2) is 6.67. The van der Waals surface area contributed by atoms with Gasteiger partial charge in [-0.25, -0.2) is 4.98 Å². The molecule has 1 amide bonds. The Labute approximate surface area is 168 Å². The lowest BCUT2D eigenvalue weighted by Gasteiger charge is -2.35. The number of hydrogen-bond donors (Lipinski definition) is 1. The zero-order valence-corrected chi connectivity index (χ0v) is 17.3.